The van der Waals surface area contributed by atoms with E-state index in [4.69, 9.17) is 0 Å². The SMILES string of the molecule is CCCC(C)(C)NC(=O)c1cc2c(s1)CCCC2. The lowest BCUT2D eigenvalue weighted by molar-refractivity contribution is 0.0913. The molecule has 0 spiro atoms. The van der Waals surface area contributed by atoms with Crippen LogP contribution in [0.5, 0.6) is 0 Å². The summed E-state index contributed by atoms with van der Waals surface area (Å²) in [4.78, 5) is 14.6. The molecule has 1 aromatic heterocycles. The number of hydrogen-bond donors (Lipinski definition) is 1. The van der Waals surface area contributed by atoms with E-state index in [1.807, 2.05) is 0 Å². The highest BCUT2D eigenvalue weighted by Gasteiger charge is 2.23. The monoisotopic (exact) mass is 265 g/mol. The van der Waals surface area contributed by atoms with Crippen LogP contribution >= 0.6 is 11.3 Å². The number of hydrogen-bond acceptors (Lipinski definition) is 2. The zero-order valence-corrected chi connectivity index (χ0v) is 12.5. The van der Waals surface area contributed by atoms with Crippen LogP contribution in [-0.4, -0.2) is 11.4 Å². The van der Waals surface area contributed by atoms with E-state index in [1.165, 1.54) is 23.3 Å². The molecule has 3 heteroatoms. The van der Waals surface area contributed by atoms with Crippen LogP contribution in [0, 0.1) is 0 Å². The lowest BCUT2D eigenvalue weighted by atomic mass is 9.98. The lowest BCUT2D eigenvalue weighted by Gasteiger charge is -2.25. The number of carbonyl (C=O) groups excluding carboxylic acids is 1. The van der Waals surface area contributed by atoms with Crippen molar-refractivity contribution in [3.8, 4) is 0 Å². The zero-order valence-electron chi connectivity index (χ0n) is 11.6. The van der Waals surface area contributed by atoms with Crippen molar-refractivity contribution in [2.45, 2.75) is 64.8 Å². The van der Waals surface area contributed by atoms with Crippen molar-refractivity contribution in [3.63, 3.8) is 0 Å². The Balaban J connectivity index is 2.07. The first kappa shape index (κ1) is 13.6. The molecule has 1 amide bonds. The first-order valence-corrected chi connectivity index (χ1v) is 7.77. The van der Waals surface area contributed by atoms with Crippen molar-refractivity contribution in [1.29, 1.82) is 0 Å². The van der Waals surface area contributed by atoms with E-state index in [2.05, 4.69) is 32.2 Å². The molecule has 1 aliphatic rings. The number of thiophene rings is 1. The van der Waals surface area contributed by atoms with Gasteiger partial charge in [-0.2, -0.15) is 0 Å². The summed E-state index contributed by atoms with van der Waals surface area (Å²) in [6, 6.07) is 2.11. The molecule has 1 heterocycles. The maximum absolute atomic E-state index is 12.3. The fraction of sp³-hybridized carbons (Fsp3) is 0.667. The molecule has 0 radical (unpaired) electrons. The molecule has 0 unspecified atom stereocenters. The standard InChI is InChI=1S/C15H23NOS/c1-4-9-15(2,3)16-14(17)13-10-11-7-5-6-8-12(11)18-13/h10H,4-9H2,1-3H3,(H,16,17). The highest BCUT2D eigenvalue weighted by Crippen LogP contribution is 2.30. The quantitative estimate of drug-likeness (QED) is 0.878. The van der Waals surface area contributed by atoms with Gasteiger partial charge in [-0.15, -0.1) is 11.3 Å². The van der Waals surface area contributed by atoms with Crippen molar-refractivity contribution in [2.24, 2.45) is 0 Å². The first-order valence-electron chi connectivity index (χ1n) is 6.96. The van der Waals surface area contributed by atoms with Crippen LogP contribution in [-0.2, 0) is 12.8 Å². The molecule has 1 aliphatic carbocycles. The third-order valence-corrected chi connectivity index (χ3v) is 4.78. The smallest absolute Gasteiger partial charge is 0.261 e. The van der Waals surface area contributed by atoms with E-state index in [-0.39, 0.29) is 11.4 Å². The summed E-state index contributed by atoms with van der Waals surface area (Å²) < 4.78 is 0. The van der Waals surface area contributed by atoms with E-state index in [0.717, 1.165) is 30.6 Å². The van der Waals surface area contributed by atoms with Crippen LogP contribution < -0.4 is 5.32 Å². The summed E-state index contributed by atoms with van der Waals surface area (Å²) in [6.07, 6.45) is 6.96. The molecule has 0 saturated carbocycles. The van der Waals surface area contributed by atoms with Gasteiger partial charge in [0.2, 0.25) is 0 Å². The summed E-state index contributed by atoms with van der Waals surface area (Å²) in [5.74, 6) is 0.104. The fourth-order valence-electron chi connectivity index (χ4n) is 2.66. The Bertz CT molecular complexity index is 410. The maximum Gasteiger partial charge on any atom is 0.261 e. The second-order valence-corrected chi connectivity index (χ2v) is 6.99. The molecule has 2 nitrogen and oxygen atoms in total. The average molecular weight is 265 g/mol. The molecular formula is C15H23NOS. The summed E-state index contributed by atoms with van der Waals surface area (Å²) in [5, 5.41) is 3.15. The number of carbonyl (C=O) groups is 1. The number of nitrogens with one attached hydrogen (secondary N) is 1. The van der Waals surface area contributed by atoms with Gasteiger partial charge in [-0.1, -0.05) is 13.3 Å². The van der Waals surface area contributed by atoms with E-state index < -0.39 is 0 Å². The van der Waals surface area contributed by atoms with Gasteiger partial charge in [-0.05, 0) is 57.6 Å². The molecular weight excluding hydrogens is 242 g/mol. The minimum atomic E-state index is -0.101. The van der Waals surface area contributed by atoms with Crippen molar-refractivity contribution in [2.75, 3.05) is 0 Å². The molecule has 0 aromatic carbocycles. The molecule has 1 N–H and O–H groups in total. The third kappa shape index (κ3) is 3.14. The van der Waals surface area contributed by atoms with Gasteiger partial charge in [0, 0.05) is 10.4 Å². The Hall–Kier alpha value is -0.830. The summed E-state index contributed by atoms with van der Waals surface area (Å²) in [6.45, 7) is 6.35. The first-order chi connectivity index (χ1) is 8.52. The Kier molecular flexibility index (Phi) is 4.10. The Morgan fingerprint density at radius 2 is 2.11 bits per heavy atom. The van der Waals surface area contributed by atoms with Crippen molar-refractivity contribution in [1.82, 2.24) is 5.32 Å². The number of amides is 1. The topological polar surface area (TPSA) is 29.1 Å². The Morgan fingerprint density at radius 1 is 1.39 bits per heavy atom. The predicted molar refractivity (Wildman–Crippen MR) is 77.4 cm³/mol. The molecule has 0 aliphatic heterocycles. The normalized spacial score (nSPS) is 15.3. The number of aryl methyl sites for hydroxylation is 2. The van der Waals surface area contributed by atoms with E-state index in [9.17, 15) is 4.79 Å². The van der Waals surface area contributed by atoms with Gasteiger partial charge in [0.05, 0.1) is 4.88 Å². The molecule has 0 bridgehead atoms. The van der Waals surface area contributed by atoms with Gasteiger partial charge in [0.25, 0.3) is 5.91 Å². The van der Waals surface area contributed by atoms with Gasteiger partial charge >= 0.3 is 0 Å². The van der Waals surface area contributed by atoms with Crippen LogP contribution in [0.2, 0.25) is 0 Å². The molecule has 0 atom stereocenters. The zero-order chi connectivity index (χ0) is 13.2. The van der Waals surface area contributed by atoms with Crippen molar-refractivity contribution >= 4 is 17.2 Å². The van der Waals surface area contributed by atoms with Crippen LogP contribution in [0.25, 0.3) is 0 Å². The van der Waals surface area contributed by atoms with Gasteiger partial charge in [-0.3, -0.25) is 4.79 Å². The van der Waals surface area contributed by atoms with Crippen LogP contribution in [0.1, 0.15) is 66.6 Å². The summed E-state index contributed by atoms with van der Waals surface area (Å²) in [5.41, 5.74) is 1.31. The Labute approximate surface area is 114 Å². The van der Waals surface area contributed by atoms with Crippen LogP contribution in [0.4, 0.5) is 0 Å². The Morgan fingerprint density at radius 3 is 2.78 bits per heavy atom. The predicted octanol–water partition coefficient (Wildman–Crippen LogP) is 3.94. The minimum Gasteiger partial charge on any atom is -0.346 e. The lowest BCUT2D eigenvalue weighted by Crippen LogP contribution is -2.42. The average Bonchev–Trinajstić information content (AvgIpc) is 2.71. The second kappa shape index (κ2) is 5.43. The van der Waals surface area contributed by atoms with E-state index in [1.54, 1.807) is 11.3 Å². The van der Waals surface area contributed by atoms with Gasteiger partial charge in [-0.25, -0.2) is 0 Å². The highest BCUT2D eigenvalue weighted by molar-refractivity contribution is 7.14. The summed E-state index contributed by atoms with van der Waals surface area (Å²) in [7, 11) is 0. The molecule has 0 saturated heterocycles. The highest BCUT2D eigenvalue weighted by atomic mass is 32.1. The van der Waals surface area contributed by atoms with Gasteiger partial charge in [0.1, 0.15) is 0 Å². The second-order valence-electron chi connectivity index (χ2n) is 5.85. The van der Waals surface area contributed by atoms with Crippen LogP contribution in [0.15, 0.2) is 6.07 Å². The van der Waals surface area contributed by atoms with Crippen molar-refractivity contribution < 1.29 is 4.79 Å². The molecule has 1 aromatic rings. The van der Waals surface area contributed by atoms with Crippen LogP contribution in [0.3, 0.4) is 0 Å². The third-order valence-electron chi connectivity index (χ3n) is 3.55. The molecule has 0 fully saturated rings. The van der Waals surface area contributed by atoms with E-state index >= 15 is 0 Å². The maximum atomic E-state index is 12.3. The minimum absolute atomic E-state index is 0.101. The van der Waals surface area contributed by atoms with E-state index in [0.29, 0.717) is 0 Å². The molecule has 100 valence electrons. The number of rotatable bonds is 4. The summed E-state index contributed by atoms with van der Waals surface area (Å²) >= 11 is 1.69. The molecule has 18 heavy (non-hydrogen) atoms. The van der Waals surface area contributed by atoms with Gasteiger partial charge in [0.15, 0.2) is 0 Å². The molecule has 2 rings (SSSR count). The largest absolute Gasteiger partial charge is 0.346 e. The number of fused-ring (bicyclic) bond motifs is 1. The fourth-order valence-corrected chi connectivity index (χ4v) is 3.81. The van der Waals surface area contributed by atoms with Crippen molar-refractivity contribution in [3.05, 3.63) is 21.4 Å². The van der Waals surface area contributed by atoms with Gasteiger partial charge < -0.3 is 5.32 Å².